The molecule has 1 saturated carbocycles. The zero-order chi connectivity index (χ0) is 12.7. The van der Waals surface area contributed by atoms with Gasteiger partial charge in [-0.05, 0) is 18.8 Å². The molecule has 2 unspecified atom stereocenters. The fraction of sp³-hybridized carbons (Fsp3) is 0.467. The maximum atomic E-state index is 4.75. The maximum absolute atomic E-state index is 4.75. The number of nitrogens with zero attached hydrogens (tertiary/aromatic N) is 3. The van der Waals surface area contributed by atoms with Crippen molar-refractivity contribution in [2.24, 2.45) is 5.92 Å². The van der Waals surface area contributed by atoms with Crippen LogP contribution in [0.1, 0.15) is 31.7 Å². The molecular weight excluding hydrogens is 236 g/mol. The van der Waals surface area contributed by atoms with Crippen molar-refractivity contribution in [1.29, 1.82) is 0 Å². The van der Waals surface area contributed by atoms with Crippen molar-refractivity contribution in [3.8, 4) is 11.4 Å². The van der Waals surface area contributed by atoms with Gasteiger partial charge in [0.05, 0.1) is 6.04 Å². The normalized spacial score (nSPS) is 25.3. The molecule has 1 N–H and O–H groups in total. The molecule has 1 aromatic carbocycles. The summed E-state index contributed by atoms with van der Waals surface area (Å²) in [5.41, 5.74) is 1.10. The SMILES string of the molecule is c1ccc(-c2nc3n(n2)C2CCCCC2CN3)cc1. The first-order chi connectivity index (χ1) is 9.42. The fourth-order valence-electron chi connectivity index (χ4n) is 3.36. The summed E-state index contributed by atoms with van der Waals surface area (Å²) in [6.07, 6.45) is 5.24. The van der Waals surface area contributed by atoms with E-state index in [-0.39, 0.29) is 0 Å². The third-order valence-corrected chi connectivity index (χ3v) is 4.37. The van der Waals surface area contributed by atoms with Crippen LogP contribution in [0.15, 0.2) is 30.3 Å². The Morgan fingerprint density at radius 3 is 2.84 bits per heavy atom. The van der Waals surface area contributed by atoms with Crippen LogP contribution < -0.4 is 5.32 Å². The van der Waals surface area contributed by atoms with Gasteiger partial charge in [-0.1, -0.05) is 43.2 Å². The number of fused-ring (bicyclic) bond motifs is 3. The molecule has 2 aliphatic rings. The van der Waals surface area contributed by atoms with Gasteiger partial charge in [0.1, 0.15) is 0 Å². The van der Waals surface area contributed by atoms with E-state index in [1.807, 2.05) is 18.2 Å². The molecule has 2 heterocycles. The van der Waals surface area contributed by atoms with E-state index < -0.39 is 0 Å². The van der Waals surface area contributed by atoms with Gasteiger partial charge in [0.15, 0.2) is 5.82 Å². The van der Waals surface area contributed by atoms with Crippen LogP contribution in [0.2, 0.25) is 0 Å². The molecule has 98 valence electrons. The van der Waals surface area contributed by atoms with Crippen LogP contribution in [0.4, 0.5) is 5.95 Å². The molecular formula is C15H18N4. The van der Waals surface area contributed by atoms with E-state index in [1.54, 1.807) is 0 Å². The van der Waals surface area contributed by atoms with Crippen LogP contribution in [0.3, 0.4) is 0 Å². The molecule has 0 bridgehead atoms. The minimum Gasteiger partial charge on any atom is -0.354 e. The highest BCUT2D eigenvalue weighted by molar-refractivity contribution is 5.56. The highest BCUT2D eigenvalue weighted by Gasteiger charge is 2.33. The van der Waals surface area contributed by atoms with Gasteiger partial charge in [0.2, 0.25) is 5.95 Å². The number of hydrogen-bond donors (Lipinski definition) is 1. The van der Waals surface area contributed by atoms with Crippen molar-refractivity contribution < 1.29 is 0 Å². The van der Waals surface area contributed by atoms with E-state index in [9.17, 15) is 0 Å². The van der Waals surface area contributed by atoms with Crippen molar-refractivity contribution in [3.05, 3.63) is 30.3 Å². The summed E-state index contributed by atoms with van der Waals surface area (Å²) < 4.78 is 2.13. The van der Waals surface area contributed by atoms with Crippen LogP contribution >= 0.6 is 0 Å². The largest absolute Gasteiger partial charge is 0.354 e. The Hall–Kier alpha value is -1.84. The quantitative estimate of drug-likeness (QED) is 0.850. The Bertz CT molecular complexity index is 575. The van der Waals surface area contributed by atoms with E-state index >= 15 is 0 Å². The van der Waals surface area contributed by atoms with Gasteiger partial charge < -0.3 is 5.32 Å². The van der Waals surface area contributed by atoms with Crippen LogP contribution in [-0.2, 0) is 0 Å². The van der Waals surface area contributed by atoms with Crippen LogP contribution in [-0.4, -0.2) is 21.3 Å². The summed E-state index contributed by atoms with van der Waals surface area (Å²) in [5.74, 6) is 2.52. The van der Waals surface area contributed by atoms with Crippen LogP contribution in [0, 0.1) is 5.92 Å². The number of nitrogens with one attached hydrogen (secondary N) is 1. The lowest BCUT2D eigenvalue weighted by atomic mass is 9.84. The monoisotopic (exact) mass is 254 g/mol. The highest BCUT2D eigenvalue weighted by Crippen LogP contribution is 2.38. The Labute approximate surface area is 112 Å². The van der Waals surface area contributed by atoms with Crippen LogP contribution in [0.5, 0.6) is 0 Å². The lowest BCUT2D eigenvalue weighted by Crippen LogP contribution is -2.35. The molecule has 0 saturated heterocycles. The van der Waals surface area contributed by atoms with Crippen molar-refractivity contribution in [1.82, 2.24) is 14.8 Å². The standard InChI is InChI=1S/C15H18N4/c1-2-6-11(7-3-1)14-17-15-16-10-12-8-4-5-9-13(12)19(15)18-14/h1-3,6-7,12-13H,4-5,8-10H2,(H,16,17,18). The summed E-state index contributed by atoms with van der Waals surface area (Å²) in [6, 6.07) is 10.8. The summed E-state index contributed by atoms with van der Waals surface area (Å²) in [7, 11) is 0. The third-order valence-electron chi connectivity index (χ3n) is 4.37. The molecule has 4 heteroatoms. The van der Waals surface area contributed by atoms with E-state index in [0.717, 1.165) is 29.8 Å². The molecule has 2 atom stereocenters. The summed E-state index contributed by atoms with van der Waals surface area (Å²) in [4.78, 5) is 4.65. The second-order valence-corrected chi connectivity index (χ2v) is 5.56. The zero-order valence-corrected chi connectivity index (χ0v) is 10.9. The topological polar surface area (TPSA) is 42.7 Å². The maximum Gasteiger partial charge on any atom is 0.221 e. The molecule has 0 radical (unpaired) electrons. The van der Waals surface area contributed by atoms with Gasteiger partial charge in [-0.15, -0.1) is 5.10 Å². The van der Waals surface area contributed by atoms with E-state index in [2.05, 4.69) is 27.1 Å². The van der Waals surface area contributed by atoms with Crippen LogP contribution in [0.25, 0.3) is 11.4 Å². The number of rotatable bonds is 1. The van der Waals surface area contributed by atoms with E-state index in [4.69, 9.17) is 5.10 Å². The molecule has 0 amide bonds. The van der Waals surface area contributed by atoms with Crippen molar-refractivity contribution >= 4 is 5.95 Å². The first-order valence-electron chi connectivity index (χ1n) is 7.17. The Morgan fingerprint density at radius 1 is 1.11 bits per heavy atom. The smallest absolute Gasteiger partial charge is 0.221 e. The second-order valence-electron chi connectivity index (χ2n) is 5.56. The van der Waals surface area contributed by atoms with Crippen molar-refractivity contribution in [3.63, 3.8) is 0 Å². The highest BCUT2D eigenvalue weighted by atomic mass is 15.4. The van der Waals surface area contributed by atoms with Gasteiger partial charge in [0.25, 0.3) is 0 Å². The first kappa shape index (κ1) is 11.0. The van der Waals surface area contributed by atoms with Gasteiger partial charge in [-0.3, -0.25) is 0 Å². The Morgan fingerprint density at radius 2 is 1.95 bits per heavy atom. The minimum atomic E-state index is 0.551. The van der Waals surface area contributed by atoms with Crippen molar-refractivity contribution in [2.75, 3.05) is 11.9 Å². The number of aromatic nitrogens is 3. The van der Waals surface area contributed by atoms with Gasteiger partial charge in [-0.25, -0.2) is 4.68 Å². The summed E-state index contributed by atoms with van der Waals surface area (Å²) >= 11 is 0. The first-order valence-corrected chi connectivity index (χ1v) is 7.17. The number of anilines is 1. The molecule has 1 fully saturated rings. The lowest BCUT2D eigenvalue weighted by molar-refractivity contribution is 0.222. The Kier molecular flexibility index (Phi) is 2.53. The predicted molar refractivity (Wildman–Crippen MR) is 74.9 cm³/mol. The number of hydrogen-bond acceptors (Lipinski definition) is 3. The molecule has 0 spiro atoms. The van der Waals surface area contributed by atoms with E-state index in [1.165, 1.54) is 25.7 Å². The van der Waals surface area contributed by atoms with E-state index in [0.29, 0.717) is 6.04 Å². The molecule has 2 aromatic rings. The molecule has 19 heavy (non-hydrogen) atoms. The zero-order valence-electron chi connectivity index (χ0n) is 10.9. The molecule has 1 aromatic heterocycles. The fourth-order valence-corrected chi connectivity index (χ4v) is 3.36. The molecule has 4 rings (SSSR count). The molecule has 1 aliphatic heterocycles. The lowest BCUT2D eigenvalue weighted by Gasteiger charge is -2.36. The second kappa shape index (κ2) is 4.37. The average Bonchev–Trinajstić information content (AvgIpc) is 2.93. The summed E-state index contributed by atoms with van der Waals surface area (Å²) in [6.45, 7) is 1.05. The average molecular weight is 254 g/mol. The molecule has 4 nitrogen and oxygen atoms in total. The summed E-state index contributed by atoms with van der Waals surface area (Å²) in [5, 5.41) is 8.19. The predicted octanol–water partition coefficient (Wildman–Crippen LogP) is 3.10. The van der Waals surface area contributed by atoms with Gasteiger partial charge in [0, 0.05) is 12.1 Å². The van der Waals surface area contributed by atoms with Crippen molar-refractivity contribution in [2.45, 2.75) is 31.7 Å². The minimum absolute atomic E-state index is 0.551. The van der Waals surface area contributed by atoms with Gasteiger partial charge in [-0.2, -0.15) is 4.98 Å². The molecule has 1 aliphatic carbocycles. The Balaban J connectivity index is 1.73. The third kappa shape index (κ3) is 1.82. The van der Waals surface area contributed by atoms with Gasteiger partial charge >= 0.3 is 0 Å². The number of benzene rings is 1.